The molecular weight excluding hydrogens is 845 g/mol. The molecule has 6 heteroatoms. The van der Waals surface area contributed by atoms with Crippen LogP contribution < -0.4 is 0 Å². The normalized spacial score (nSPS) is 11.8. The van der Waals surface area contributed by atoms with Gasteiger partial charge in [0.25, 0.3) is 0 Å². The Morgan fingerprint density at radius 2 is 0.841 bits per heavy atom. The van der Waals surface area contributed by atoms with E-state index in [4.69, 9.17) is 23.8 Å². The SMILES string of the molecule is c1ccc(-c2ccc3c(c2)c2ccccc2n3-c2ccc3c(c2)oc2cccc(-c4cccc5c4oc4cccc(-c6cccc(-c7nc(-c8ccccc8)nc(-c8ccccc8)n7)c6)c45)c23)cc1. The fourth-order valence-electron chi connectivity index (χ4n) is 10.3. The number of fused-ring (bicyclic) bond motifs is 9. The van der Waals surface area contributed by atoms with Crippen molar-refractivity contribution in [2.75, 3.05) is 0 Å². The second-order valence-electron chi connectivity index (χ2n) is 17.5. The van der Waals surface area contributed by atoms with Crippen molar-refractivity contribution in [3.8, 4) is 73.2 Å². The minimum Gasteiger partial charge on any atom is -0.456 e. The van der Waals surface area contributed by atoms with E-state index in [9.17, 15) is 0 Å². The van der Waals surface area contributed by atoms with E-state index >= 15 is 0 Å². The highest BCUT2D eigenvalue weighted by molar-refractivity contribution is 6.20. The largest absolute Gasteiger partial charge is 0.456 e. The van der Waals surface area contributed by atoms with E-state index in [1.165, 1.54) is 21.9 Å². The standard InChI is InChI=1S/C63H38N4O2/c1-4-16-39(17-5-1)42-32-35-54-52(37-42)47-24-10-11-29-53(47)67(54)45-33-34-50-57(38-45)68-55-30-15-26-48(59(50)55)49-27-13-28-51-58-46(25-14-31-56(58)69-60(49)51)43-22-12-23-44(36-43)63-65-61(40-18-6-2-7-19-40)64-62(66-63)41-20-8-3-9-21-41/h1-38H. The lowest BCUT2D eigenvalue weighted by molar-refractivity contribution is 0.668. The van der Waals surface area contributed by atoms with Gasteiger partial charge in [0.1, 0.15) is 22.3 Å². The molecule has 322 valence electrons. The summed E-state index contributed by atoms with van der Waals surface area (Å²) < 4.78 is 16.0. The van der Waals surface area contributed by atoms with Gasteiger partial charge in [0.05, 0.1) is 11.0 Å². The Bertz CT molecular complexity index is 4250. The van der Waals surface area contributed by atoms with Crippen molar-refractivity contribution >= 4 is 65.7 Å². The zero-order chi connectivity index (χ0) is 45.4. The summed E-state index contributed by atoms with van der Waals surface area (Å²) >= 11 is 0. The van der Waals surface area contributed by atoms with Gasteiger partial charge in [-0.05, 0) is 76.3 Å². The van der Waals surface area contributed by atoms with Gasteiger partial charge in [-0.15, -0.1) is 0 Å². The first kappa shape index (κ1) is 38.8. The second kappa shape index (κ2) is 15.6. The van der Waals surface area contributed by atoms with E-state index in [1.807, 2.05) is 60.7 Å². The highest BCUT2D eigenvalue weighted by Crippen LogP contribution is 2.45. The Kier molecular flexibility index (Phi) is 8.79. The van der Waals surface area contributed by atoms with E-state index in [0.717, 1.165) is 99.5 Å². The number of hydrogen-bond acceptors (Lipinski definition) is 5. The maximum atomic E-state index is 6.90. The van der Waals surface area contributed by atoms with E-state index < -0.39 is 0 Å². The molecule has 6 nitrogen and oxygen atoms in total. The van der Waals surface area contributed by atoms with E-state index in [0.29, 0.717) is 17.5 Å². The first-order valence-corrected chi connectivity index (χ1v) is 23.2. The molecule has 0 aliphatic heterocycles. The molecule has 0 bridgehead atoms. The lowest BCUT2D eigenvalue weighted by atomic mass is 9.95. The molecular formula is C63H38N4O2. The van der Waals surface area contributed by atoms with Gasteiger partial charge in [-0.1, -0.05) is 176 Å². The minimum atomic E-state index is 0.608. The first-order valence-electron chi connectivity index (χ1n) is 23.2. The number of hydrogen-bond donors (Lipinski definition) is 0. The van der Waals surface area contributed by atoms with Crippen LogP contribution in [0.25, 0.3) is 139 Å². The summed E-state index contributed by atoms with van der Waals surface area (Å²) in [5.41, 5.74) is 15.9. The number of aromatic nitrogens is 4. The predicted molar refractivity (Wildman–Crippen MR) is 281 cm³/mol. The van der Waals surface area contributed by atoms with E-state index in [2.05, 4.69) is 174 Å². The summed E-state index contributed by atoms with van der Waals surface area (Å²) in [5, 5.41) is 6.61. The lowest BCUT2D eigenvalue weighted by Crippen LogP contribution is -2.00. The van der Waals surface area contributed by atoms with Crippen LogP contribution in [0, 0.1) is 0 Å². The molecule has 0 spiro atoms. The molecule has 0 aliphatic rings. The van der Waals surface area contributed by atoms with Crippen LogP contribution in [-0.4, -0.2) is 19.5 Å². The molecule has 0 amide bonds. The van der Waals surface area contributed by atoms with Crippen molar-refractivity contribution < 1.29 is 8.83 Å². The topological polar surface area (TPSA) is 69.9 Å². The average Bonchev–Trinajstić information content (AvgIpc) is 4.11. The zero-order valence-corrected chi connectivity index (χ0v) is 37.0. The van der Waals surface area contributed by atoms with Gasteiger partial charge in [0.15, 0.2) is 17.5 Å². The third kappa shape index (κ3) is 6.38. The summed E-state index contributed by atoms with van der Waals surface area (Å²) in [6.07, 6.45) is 0. The molecule has 4 heterocycles. The van der Waals surface area contributed by atoms with Crippen molar-refractivity contribution in [3.63, 3.8) is 0 Å². The van der Waals surface area contributed by atoms with Crippen LogP contribution in [0.15, 0.2) is 239 Å². The third-order valence-electron chi connectivity index (χ3n) is 13.5. The van der Waals surface area contributed by atoms with Crippen LogP contribution in [0.3, 0.4) is 0 Å². The molecule has 0 N–H and O–H groups in total. The summed E-state index contributed by atoms with van der Waals surface area (Å²) in [4.78, 5) is 15.0. The van der Waals surface area contributed by atoms with Crippen molar-refractivity contribution in [2.45, 2.75) is 0 Å². The average molecular weight is 883 g/mol. The molecule has 14 aromatic rings. The lowest BCUT2D eigenvalue weighted by Gasteiger charge is -2.10. The molecule has 0 fully saturated rings. The third-order valence-corrected chi connectivity index (χ3v) is 13.5. The van der Waals surface area contributed by atoms with Crippen molar-refractivity contribution in [2.24, 2.45) is 0 Å². The zero-order valence-electron chi connectivity index (χ0n) is 37.0. The molecule has 10 aromatic carbocycles. The van der Waals surface area contributed by atoms with Crippen LogP contribution in [0.5, 0.6) is 0 Å². The summed E-state index contributed by atoms with van der Waals surface area (Å²) in [7, 11) is 0. The summed E-state index contributed by atoms with van der Waals surface area (Å²) in [6, 6.07) is 80.3. The van der Waals surface area contributed by atoms with Crippen molar-refractivity contribution in [1.82, 2.24) is 19.5 Å². The van der Waals surface area contributed by atoms with Gasteiger partial charge >= 0.3 is 0 Å². The Balaban J connectivity index is 0.881. The minimum absolute atomic E-state index is 0.608. The Hall–Kier alpha value is -9.39. The molecule has 14 rings (SSSR count). The highest BCUT2D eigenvalue weighted by atomic mass is 16.3. The van der Waals surface area contributed by atoms with Gasteiger partial charge in [0.2, 0.25) is 0 Å². The highest BCUT2D eigenvalue weighted by Gasteiger charge is 2.21. The molecule has 0 atom stereocenters. The second-order valence-corrected chi connectivity index (χ2v) is 17.5. The maximum Gasteiger partial charge on any atom is 0.164 e. The van der Waals surface area contributed by atoms with E-state index in [-0.39, 0.29) is 0 Å². The fraction of sp³-hybridized carbons (Fsp3) is 0. The Labute approximate surface area is 396 Å². The van der Waals surface area contributed by atoms with Gasteiger partial charge < -0.3 is 13.4 Å². The van der Waals surface area contributed by atoms with Gasteiger partial charge in [-0.3, -0.25) is 0 Å². The molecule has 4 aromatic heterocycles. The quantitative estimate of drug-likeness (QED) is 0.159. The number of para-hydroxylation sites is 2. The number of benzene rings is 10. The van der Waals surface area contributed by atoms with Gasteiger partial charge in [-0.25, -0.2) is 15.0 Å². The molecule has 0 saturated carbocycles. The molecule has 0 radical (unpaired) electrons. The number of rotatable bonds is 7. The van der Waals surface area contributed by atoms with Gasteiger partial charge in [0, 0.05) is 66.3 Å². The maximum absolute atomic E-state index is 6.90. The van der Waals surface area contributed by atoms with Gasteiger partial charge in [-0.2, -0.15) is 0 Å². The van der Waals surface area contributed by atoms with E-state index in [1.54, 1.807) is 0 Å². The van der Waals surface area contributed by atoms with Crippen molar-refractivity contribution in [1.29, 1.82) is 0 Å². The predicted octanol–water partition coefficient (Wildman–Crippen LogP) is 16.8. The number of nitrogens with zero attached hydrogens (tertiary/aromatic N) is 4. The molecule has 0 aliphatic carbocycles. The van der Waals surface area contributed by atoms with Crippen LogP contribution in [0.4, 0.5) is 0 Å². The van der Waals surface area contributed by atoms with Crippen LogP contribution in [0.1, 0.15) is 0 Å². The fourth-order valence-corrected chi connectivity index (χ4v) is 10.3. The summed E-state index contributed by atoms with van der Waals surface area (Å²) in [5.74, 6) is 1.86. The Morgan fingerprint density at radius 3 is 1.59 bits per heavy atom. The summed E-state index contributed by atoms with van der Waals surface area (Å²) in [6.45, 7) is 0. The molecule has 0 saturated heterocycles. The number of furan rings is 2. The molecule has 0 unspecified atom stereocenters. The van der Waals surface area contributed by atoms with Crippen LogP contribution in [-0.2, 0) is 0 Å². The van der Waals surface area contributed by atoms with Crippen LogP contribution in [0.2, 0.25) is 0 Å². The first-order chi connectivity index (χ1) is 34.2. The van der Waals surface area contributed by atoms with Crippen molar-refractivity contribution in [3.05, 3.63) is 231 Å². The Morgan fingerprint density at radius 1 is 0.290 bits per heavy atom. The monoisotopic (exact) mass is 882 g/mol. The van der Waals surface area contributed by atoms with Crippen LogP contribution >= 0.6 is 0 Å². The smallest absolute Gasteiger partial charge is 0.164 e. The molecule has 69 heavy (non-hydrogen) atoms.